The molecule has 0 aromatic rings. The number of carboxylic acid groups (broad SMARTS) is 1. The van der Waals surface area contributed by atoms with E-state index < -0.39 is 5.97 Å². The molecule has 0 aromatic carbocycles. The molecule has 4 aliphatic carbocycles. The molecule has 0 bridgehead atoms. The van der Waals surface area contributed by atoms with Gasteiger partial charge in [0.15, 0.2) is 0 Å². The van der Waals surface area contributed by atoms with Crippen molar-refractivity contribution in [3.63, 3.8) is 0 Å². The number of rotatable bonds is 6. The molecule has 4 aliphatic rings. The van der Waals surface area contributed by atoms with Gasteiger partial charge in [-0.1, -0.05) is 20.8 Å². The monoisotopic (exact) mass is 449 g/mol. The predicted molar refractivity (Wildman–Crippen MR) is 122 cm³/mol. The lowest BCUT2D eigenvalue weighted by molar-refractivity contribution is -0.175. The van der Waals surface area contributed by atoms with E-state index in [4.69, 9.17) is 5.11 Å². The van der Waals surface area contributed by atoms with Crippen molar-refractivity contribution in [1.29, 1.82) is 0 Å². The topological polar surface area (TPSA) is 107 Å². The van der Waals surface area contributed by atoms with Crippen LogP contribution in [0.3, 0.4) is 0 Å². The normalized spacial score (nSPS) is 46.5. The van der Waals surface area contributed by atoms with E-state index in [-0.39, 0.29) is 35.5 Å². The average Bonchev–Trinajstić information content (AvgIpc) is 3.10. The first-order valence-corrected chi connectivity index (χ1v) is 12.9. The van der Waals surface area contributed by atoms with Crippen LogP contribution in [0.5, 0.6) is 0 Å². The second kappa shape index (κ2) is 8.90. The van der Waals surface area contributed by atoms with Gasteiger partial charge in [0.2, 0.25) is 5.91 Å². The molecule has 6 heteroatoms. The molecule has 0 aliphatic heterocycles. The van der Waals surface area contributed by atoms with Crippen molar-refractivity contribution in [2.24, 2.45) is 46.3 Å². The molecule has 0 aromatic heterocycles. The SMILES string of the molecule is CC(CCC(=O)NCC(=O)O)C1CCC2C3CCC4C[C@H](O)CC[C@]4(C)C3C[C@H](O)[C@]12C. The zero-order chi connectivity index (χ0) is 23.3. The Balaban J connectivity index is 1.45. The van der Waals surface area contributed by atoms with E-state index in [9.17, 15) is 19.8 Å². The highest BCUT2D eigenvalue weighted by atomic mass is 16.4. The summed E-state index contributed by atoms with van der Waals surface area (Å²) >= 11 is 0. The molecule has 4 saturated carbocycles. The van der Waals surface area contributed by atoms with Crippen LogP contribution >= 0.6 is 0 Å². The second-order valence-corrected chi connectivity index (χ2v) is 12.1. The number of carbonyl (C=O) groups is 2. The number of aliphatic hydroxyl groups excluding tert-OH is 2. The quantitative estimate of drug-likeness (QED) is 0.496. The van der Waals surface area contributed by atoms with Gasteiger partial charge in [0.05, 0.1) is 12.2 Å². The van der Waals surface area contributed by atoms with Crippen LogP contribution in [0.15, 0.2) is 0 Å². The first-order chi connectivity index (χ1) is 15.1. The summed E-state index contributed by atoms with van der Waals surface area (Å²) in [4.78, 5) is 22.7. The lowest BCUT2D eigenvalue weighted by atomic mass is 9.43. The van der Waals surface area contributed by atoms with Crippen LogP contribution in [-0.4, -0.2) is 45.9 Å². The summed E-state index contributed by atoms with van der Waals surface area (Å²) in [5, 5.41) is 33.0. The summed E-state index contributed by atoms with van der Waals surface area (Å²) in [5.74, 6) is 1.84. The number of amides is 1. The van der Waals surface area contributed by atoms with Gasteiger partial charge < -0.3 is 20.6 Å². The molecular weight excluding hydrogens is 406 g/mol. The minimum absolute atomic E-state index is 0.102. The molecular formula is C26H43NO5. The largest absolute Gasteiger partial charge is 0.480 e. The van der Waals surface area contributed by atoms with Crippen LogP contribution in [0, 0.1) is 46.3 Å². The summed E-state index contributed by atoms with van der Waals surface area (Å²) in [6.07, 6.45) is 9.12. The van der Waals surface area contributed by atoms with E-state index in [1.54, 1.807) is 0 Å². The molecule has 6 nitrogen and oxygen atoms in total. The van der Waals surface area contributed by atoms with Crippen molar-refractivity contribution in [2.45, 2.75) is 97.2 Å². The number of fused-ring (bicyclic) bond motifs is 5. The van der Waals surface area contributed by atoms with Crippen molar-refractivity contribution in [3.8, 4) is 0 Å². The standard InChI is InChI=1S/C26H43NO5/c1-15(4-9-23(30)27-14-24(31)32)19-7-8-20-18-6-5-16-12-17(28)10-11-25(16,2)21(18)13-22(29)26(19,20)3/h15-22,28-29H,4-14H2,1-3H3,(H,27,30)(H,31,32)/t15?,16?,17-,18?,19?,20?,21?,22+,25+,26-/m1/s1. The summed E-state index contributed by atoms with van der Waals surface area (Å²) in [5.41, 5.74) is 0.145. The van der Waals surface area contributed by atoms with Gasteiger partial charge in [0, 0.05) is 6.42 Å². The Labute approximate surface area is 192 Å². The van der Waals surface area contributed by atoms with E-state index in [0.717, 1.165) is 44.9 Å². The van der Waals surface area contributed by atoms with Crippen LogP contribution in [-0.2, 0) is 9.59 Å². The number of aliphatic carboxylic acids is 1. The van der Waals surface area contributed by atoms with Crippen molar-refractivity contribution in [1.82, 2.24) is 5.32 Å². The fourth-order valence-corrected chi connectivity index (χ4v) is 8.98. The third-order valence-electron chi connectivity index (χ3n) is 10.8. The molecule has 4 N–H and O–H groups in total. The molecule has 4 fully saturated rings. The number of hydrogen-bond donors (Lipinski definition) is 4. The smallest absolute Gasteiger partial charge is 0.322 e. The van der Waals surface area contributed by atoms with Gasteiger partial charge in [0.25, 0.3) is 0 Å². The lowest BCUT2D eigenvalue weighted by Gasteiger charge is -2.62. The van der Waals surface area contributed by atoms with E-state index >= 15 is 0 Å². The maximum Gasteiger partial charge on any atom is 0.322 e. The number of carboxylic acids is 1. The van der Waals surface area contributed by atoms with Gasteiger partial charge in [-0.2, -0.15) is 0 Å². The van der Waals surface area contributed by atoms with Gasteiger partial charge in [-0.3, -0.25) is 9.59 Å². The average molecular weight is 450 g/mol. The molecule has 6 unspecified atom stereocenters. The predicted octanol–water partition coefficient (Wildman–Crippen LogP) is 3.59. The van der Waals surface area contributed by atoms with Crippen LogP contribution < -0.4 is 5.32 Å². The van der Waals surface area contributed by atoms with E-state index in [1.165, 1.54) is 12.8 Å². The highest BCUT2D eigenvalue weighted by Gasteiger charge is 2.63. The fraction of sp³-hybridized carbons (Fsp3) is 0.923. The summed E-state index contributed by atoms with van der Waals surface area (Å²) in [7, 11) is 0. The third kappa shape index (κ3) is 4.00. The first kappa shape index (κ1) is 24.0. The highest BCUT2D eigenvalue weighted by molar-refractivity contribution is 5.81. The van der Waals surface area contributed by atoms with Crippen LogP contribution in [0.2, 0.25) is 0 Å². The Morgan fingerprint density at radius 3 is 2.50 bits per heavy atom. The molecule has 0 heterocycles. The minimum atomic E-state index is -1.02. The van der Waals surface area contributed by atoms with Crippen LogP contribution in [0.4, 0.5) is 0 Å². The van der Waals surface area contributed by atoms with Gasteiger partial charge >= 0.3 is 5.97 Å². The van der Waals surface area contributed by atoms with Crippen LogP contribution in [0.1, 0.15) is 85.0 Å². The molecule has 0 spiro atoms. The molecule has 182 valence electrons. The number of carbonyl (C=O) groups excluding carboxylic acids is 1. The van der Waals surface area contributed by atoms with Crippen molar-refractivity contribution in [2.75, 3.05) is 6.54 Å². The van der Waals surface area contributed by atoms with Crippen molar-refractivity contribution < 1.29 is 24.9 Å². The van der Waals surface area contributed by atoms with Gasteiger partial charge in [0.1, 0.15) is 6.54 Å². The van der Waals surface area contributed by atoms with Gasteiger partial charge in [-0.05, 0) is 104 Å². The molecule has 4 rings (SSSR count). The molecule has 0 radical (unpaired) electrons. The zero-order valence-electron chi connectivity index (χ0n) is 20.1. The van der Waals surface area contributed by atoms with E-state index in [0.29, 0.717) is 41.9 Å². The van der Waals surface area contributed by atoms with Crippen molar-refractivity contribution in [3.05, 3.63) is 0 Å². The Hall–Kier alpha value is -1.14. The molecule has 1 amide bonds. The van der Waals surface area contributed by atoms with Crippen LogP contribution in [0.25, 0.3) is 0 Å². The Bertz CT molecular complexity index is 727. The maximum absolute atomic E-state index is 12.0. The summed E-state index contributed by atoms with van der Waals surface area (Å²) < 4.78 is 0. The third-order valence-corrected chi connectivity index (χ3v) is 10.8. The fourth-order valence-electron chi connectivity index (χ4n) is 8.98. The Morgan fingerprint density at radius 2 is 1.78 bits per heavy atom. The highest BCUT2D eigenvalue weighted by Crippen LogP contribution is 2.68. The number of hydrogen-bond acceptors (Lipinski definition) is 4. The van der Waals surface area contributed by atoms with E-state index in [2.05, 4.69) is 26.1 Å². The van der Waals surface area contributed by atoms with Crippen molar-refractivity contribution >= 4 is 11.9 Å². The lowest BCUT2D eigenvalue weighted by Crippen LogP contribution is -2.58. The number of nitrogens with one attached hydrogen (secondary N) is 1. The number of aliphatic hydroxyl groups is 2. The molecule has 10 atom stereocenters. The maximum atomic E-state index is 12.0. The van der Waals surface area contributed by atoms with Gasteiger partial charge in [-0.25, -0.2) is 0 Å². The summed E-state index contributed by atoms with van der Waals surface area (Å²) in [6.45, 7) is 6.65. The van der Waals surface area contributed by atoms with E-state index in [1.807, 2.05) is 0 Å². The van der Waals surface area contributed by atoms with Gasteiger partial charge in [-0.15, -0.1) is 0 Å². The minimum Gasteiger partial charge on any atom is -0.480 e. The zero-order valence-corrected chi connectivity index (χ0v) is 20.1. The first-order valence-electron chi connectivity index (χ1n) is 12.9. The Morgan fingerprint density at radius 1 is 1.03 bits per heavy atom. The second-order valence-electron chi connectivity index (χ2n) is 12.1. The summed E-state index contributed by atoms with van der Waals surface area (Å²) in [6, 6.07) is 0. The molecule has 0 saturated heterocycles. The molecule has 32 heavy (non-hydrogen) atoms. The Kier molecular flexibility index (Phi) is 6.68.